The van der Waals surface area contributed by atoms with Gasteiger partial charge in [0.1, 0.15) is 0 Å². The highest BCUT2D eigenvalue weighted by Crippen LogP contribution is 2.75. The average molecular weight is 108 g/mol. The van der Waals surface area contributed by atoms with E-state index < -0.39 is 0 Å². The summed E-state index contributed by atoms with van der Waals surface area (Å²) in [7, 11) is 0. The molecule has 0 aromatic carbocycles. The van der Waals surface area contributed by atoms with Crippen LogP contribution in [-0.2, 0) is 0 Å². The van der Waals surface area contributed by atoms with Crippen molar-refractivity contribution < 1.29 is 0 Å². The first kappa shape index (κ1) is 3.92. The van der Waals surface area contributed by atoms with Crippen LogP contribution in [0.3, 0.4) is 0 Å². The third-order valence-corrected chi connectivity index (χ3v) is 3.89. The highest BCUT2D eigenvalue weighted by atomic mass is 14.7. The van der Waals surface area contributed by atoms with Crippen LogP contribution in [0.15, 0.2) is 0 Å². The Morgan fingerprint density at radius 1 is 1.00 bits per heavy atom. The van der Waals surface area contributed by atoms with E-state index in [9.17, 15) is 0 Å². The molecule has 0 spiro atoms. The van der Waals surface area contributed by atoms with Crippen LogP contribution in [-0.4, -0.2) is 0 Å². The molecule has 3 rings (SSSR count). The molecule has 3 aliphatic rings. The summed E-state index contributed by atoms with van der Waals surface area (Å²) >= 11 is 0. The molecule has 3 aliphatic carbocycles. The second kappa shape index (κ2) is 0.872. The van der Waals surface area contributed by atoms with Gasteiger partial charge in [-0.05, 0) is 42.4 Å². The van der Waals surface area contributed by atoms with E-state index in [1.807, 2.05) is 0 Å². The second-order valence-corrected chi connectivity index (χ2v) is 3.92. The lowest BCUT2D eigenvalue weighted by atomic mass is 9.60. The monoisotopic (exact) mass is 108 g/mol. The molecule has 4 atom stereocenters. The van der Waals surface area contributed by atoms with Crippen LogP contribution >= 0.6 is 0 Å². The molecule has 8 heavy (non-hydrogen) atoms. The number of rotatable bonds is 0. The van der Waals surface area contributed by atoms with E-state index in [2.05, 4.69) is 6.92 Å². The molecule has 0 aromatic rings. The van der Waals surface area contributed by atoms with Gasteiger partial charge in [0, 0.05) is 0 Å². The Balaban J connectivity index is 1.91. The minimum atomic E-state index is 1.15. The van der Waals surface area contributed by atoms with Gasteiger partial charge in [0.2, 0.25) is 0 Å². The van der Waals surface area contributed by atoms with E-state index in [4.69, 9.17) is 0 Å². The third kappa shape index (κ3) is 0.206. The second-order valence-electron chi connectivity index (χ2n) is 3.92. The molecule has 0 aromatic heterocycles. The largest absolute Gasteiger partial charge is 0.0619 e. The molecule has 3 saturated carbocycles. The van der Waals surface area contributed by atoms with Crippen molar-refractivity contribution >= 4 is 0 Å². The van der Waals surface area contributed by atoms with E-state index in [0.717, 1.165) is 5.92 Å². The normalized spacial score (nSPS) is 73.9. The molecule has 0 aliphatic heterocycles. The summed E-state index contributed by atoms with van der Waals surface area (Å²) in [6.45, 7) is 2.44. The Morgan fingerprint density at radius 2 is 1.50 bits per heavy atom. The van der Waals surface area contributed by atoms with Gasteiger partial charge in [-0.1, -0.05) is 6.92 Å². The zero-order valence-electron chi connectivity index (χ0n) is 5.30. The van der Waals surface area contributed by atoms with E-state index in [-0.39, 0.29) is 0 Å². The molecular formula is C8H12. The Kier molecular flexibility index (Phi) is 0.427. The van der Waals surface area contributed by atoms with Crippen LogP contribution in [0.2, 0.25) is 0 Å². The first-order valence-corrected chi connectivity index (χ1v) is 3.89. The summed E-state index contributed by atoms with van der Waals surface area (Å²) in [5.41, 5.74) is 0. The van der Waals surface area contributed by atoms with Crippen molar-refractivity contribution in [2.45, 2.75) is 19.8 Å². The minimum Gasteiger partial charge on any atom is -0.0619 e. The van der Waals surface area contributed by atoms with Crippen molar-refractivity contribution in [3.05, 3.63) is 0 Å². The first-order valence-electron chi connectivity index (χ1n) is 3.89. The number of hydrogen-bond donors (Lipinski definition) is 0. The van der Waals surface area contributed by atoms with E-state index in [0.29, 0.717) is 0 Å². The molecule has 0 amide bonds. The average Bonchev–Trinajstić information content (AvgIpc) is 2.17. The Hall–Kier alpha value is 0. The van der Waals surface area contributed by atoms with Crippen molar-refractivity contribution in [3.63, 3.8) is 0 Å². The van der Waals surface area contributed by atoms with Gasteiger partial charge in [-0.15, -0.1) is 0 Å². The van der Waals surface area contributed by atoms with Crippen molar-refractivity contribution in [2.75, 3.05) is 0 Å². The van der Waals surface area contributed by atoms with Gasteiger partial charge >= 0.3 is 0 Å². The first-order chi connectivity index (χ1) is 3.89. The molecule has 0 heteroatoms. The number of hydrogen-bond acceptors (Lipinski definition) is 0. The van der Waals surface area contributed by atoms with Gasteiger partial charge in [0.15, 0.2) is 0 Å². The third-order valence-electron chi connectivity index (χ3n) is 3.89. The fourth-order valence-electron chi connectivity index (χ4n) is 3.24. The molecule has 0 heterocycles. The molecule has 0 radical (unpaired) electrons. The lowest BCUT2D eigenvalue weighted by molar-refractivity contribution is 0.0372. The zero-order chi connectivity index (χ0) is 5.30. The van der Waals surface area contributed by atoms with Crippen molar-refractivity contribution in [2.24, 2.45) is 29.6 Å². The quantitative estimate of drug-likeness (QED) is 0.444. The lowest BCUT2D eigenvalue weighted by Gasteiger charge is -2.45. The molecule has 3 fully saturated rings. The lowest BCUT2D eigenvalue weighted by Crippen LogP contribution is -2.38. The summed E-state index contributed by atoms with van der Waals surface area (Å²) < 4.78 is 0. The van der Waals surface area contributed by atoms with Crippen LogP contribution in [0.5, 0.6) is 0 Å². The molecule has 44 valence electrons. The maximum Gasteiger partial charge on any atom is -0.0321 e. The molecule has 4 unspecified atom stereocenters. The van der Waals surface area contributed by atoms with Gasteiger partial charge in [0.05, 0.1) is 0 Å². The highest BCUT2D eigenvalue weighted by molar-refractivity contribution is 5.17. The topological polar surface area (TPSA) is 0 Å². The van der Waals surface area contributed by atoms with Gasteiger partial charge in [-0.3, -0.25) is 0 Å². The van der Waals surface area contributed by atoms with Crippen molar-refractivity contribution in [1.82, 2.24) is 0 Å². The standard InChI is InChI=1S/C8H12/c1-4-7-5-2-3-6(5)8(4)7/h4-8H,2-3H2,1H3. The predicted octanol–water partition coefficient (Wildman–Crippen LogP) is 1.91. The van der Waals surface area contributed by atoms with E-state index in [1.54, 1.807) is 12.8 Å². The summed E-state index contributed by atoms with van der Waals surface area (Å²) in [5.74, 6) is 6.07. The van der Waals surface area contributed by atoms with Crippen LogP contribution in [0, 0.1) is 29.6 Å². The summed E-state index contributed by atoms with van der Waals surface area (Å²) in [5, 5.41) is 0. The zero-order valence-corrected chi connectivity index (χ0v) is 5.30. The van der Waals surface area contributed by atoms with Crippen LogP contribution in [0.4, 0.5) is 0 Å². The molecule has 0 saturated heterocycles. The maximum absolute atomic E-state index is 2.44. The predicted molar refractivity (Wildman–Crippen MR) is 32.4 cm³/mol. The number of fused-ring (bicyclic) bond motifs is 4. The fourth-order valence-corrected chi connectivity index (χ4v) is 3.24. The molecule has 0 bridgehead atoms. The highest BCUT2D eigenvalue weighted by Gasteiger charge is 2.69. The Bertz CT molecular complexity index is 111. The summed E-state index contributed by atoms with van der Waals surface area (Å²) in [6, 6.07) is 0. The van der Waals surface area contributed by atoms with Crippen molar-refractivity contribution in [3.8, 4) is 0 Å². The van der Waals surface area contributed by atoms with Gasteiger partial charge in [-0.2, -0.15) is 0 Å². The maximum atomic E-state index is 2.44. The fraction of sp³-hybridized carbons (Fsp3) is 1.00. The van der Waals surface area contributed by atoms with E-state index >= 15 is 0 Å². The van der Waals surface area contributed by atoms with Gasteiger partial charge in [-0.25, -0.2) is 0 Å². The van der Waals surface area contributed by atoms with Crippen LogP contribution in [0.1, 0.15) is 19.8 Å². The molecule has 0 nitrogen and oxygen atoms in total. The summed E-state index contributed by atoms with van der Waals surface area (Å²) in [6.07, 6.45) is 3.16. The van der Waals surface area contributed by atoms with E-state index in [1.165, 1.54) is 23.7 Å². The Morgan fingerprint density at radius 3 is 1.75 bits per heavy atom. The van der Waals surface area contributed by atoms with Crippen LogP contribution in [0.25, 0.3) is 0 Å². The SMILES string of the molecule is CC1C2C3CCC3C12. The Labute approximate surface area is 50.3 Å². The minimum absolute atomic E-state index is 1.15. The van der Waals surface area contributed by atoms with Gasteiger partial charge < -0.3 is 0 Å². The van der Waals surface area contributed by atoms with Gasteiger partial charge in [0.25, 0.3) is 0 Å². The van der Waals surface area contributed by atoms with Crippen molar-refractivity contribution in [1.29, 1.82) is 0 Å². The smallest absolute Gasteiger partial charge is 0.0321 e. The molecular weight excluding hydrogens is 96.1 g/mol. The summed E-state index contributed by atoms with van der Waals surface area (Å²) in [4.78, 5) is 0. The van der Waals surface area contributed by atoms with Crippen LogP contribution < -0.4 is 0 Å². The molecule has 0 N–H and O–H groups in total.